The molecule has 5 nitrogen and oxygen atoms in total. The van der Waals surface area contributed by atoms with Gasteiger partial charge in [0.15, 0.2) is 12.4 Å². The van der Waals surface area contributed by atoms with Crippen molar-refractivity contribution >= 4 is 45.8 Å². The number of halogens is 2. The van der Waals surface area contributed by atoms with Crippen LogP contribution in [0.2, 0.25) is 10.0 Å². The van der Waals surface area contributed by atoms with Crippen molar-refractivity contribution < 1.29 is 14.0 Å². The van der Waals surface area contributed by atoms with Crippen LogP contribution in [0, 0.1) is 0 Å². The SMILES string of the molecule is CC(=NOCC(=O)NCCc1ccc(Cl)cc1Cl)c1cc2ccccc2o1. The monoisotopic (exact) mass is 404 g/mol. The molecular weight excluding hydrogens is 387 g/mol. The lowest BCUT2D eigenvalue weighted by Gasteiger charge is -2.06. The Hall–Kier alpha value is -2.50. The van der Waals surface area contributed by atoms with Crippen molar-refractivity contribution in [1.29, 1.82) is 0 Å². The Kier molecular flexibility index (Phi) is 6.37. The fraction of sp³-hybridized carbons (Fsp3) is 0.200. The van der Waals surface area contributed by atoms with Gasteiger partial charge in [0.25, 0.3) is 5.91 Å². The molecule has 0 aliphatic rings. The first kappa shape index (κ1) is 19.3. The van der Waals surface area contributed by atoms with E-state index in [0.717, 1.165) is 16.5 Å². The summed E-state index contributed by atoms with van der Waals surface area (Å²) in [6.45, 7) is 2.03. The van der Waals surface area contributed by atoms with Gasteiger partial charge in [0.1, 0.15) is 11.3 Å². The number of carbonyl (C=O) groups excluding carboxylic acids is 1. The second-order valence-corrected chi connectivity index (χ2v) is 6.78. The van der Waals surface area contributed by atoms with E-state index in [1.165, 1.54) is 0 Å². The molecule has 3 rings (SSSR count). The van der Waals surface area contributed by atoms with Crippen molar-refractivity contribution in [2.75, 3.05) is 13.2 Å². The number of nitrogens with one attached hydrogen (secondary N) is 1. The van der Waals surface area contributed by atoms with E-state index in [0.29, 0.717) is 34.5 Å². The maximum Gasteiger partial charge on any atom is 0.260 e. The quantitative estimate of drug-likeness (QED) is 0.452. The molecule has 1 amide bonds. The Morgan fingerprint density at radius 3 is 2.78 bits per heavy atom. The van der Waals surface area contributed by atoms with E-state index in [-0.39, 0.29) is 12.5 Å². The molecule has 140 valence electrons. The Morgan fingerprint density at radius 1 is 1.19 bits per heavy atom. The Morgan fingerprint density at radius 2 is 2.00 bits per heavy atom. The molecule has 0 fully saturated rings. The van der Waals surface area contributed by atoms with Crippen LogP contribution >= 0.6 is 23.2 Å². The summed E-state index contributed by atoms with van der Waals surface area (Å²) in [5, 5.41) is 8.86. The van der Waals surface area contributed by atoms with Gasteiger partial charge in [-0.25, -0.2) is 0 Å². The molecule has 2 aromatic carbocycles. The van der Waals surface area contributed by atoms with Crippen molar-refractivity contribution in [2.45, 2.75) is 13.3 Å². The first-order valence-corrected chi connectivity index (χ1v) is 9.14. The van der Waals surface area contributed by atoms with Crippen LogP contribution in [0.25, 0.3) is 11.0 Å². The third-order valence-electron chi connectivity index (χ3n) is 3.91. The normalized spacial score (nSPS) is 11.6. The minimum Gasteiger partial charge on any atom is -0.455 e. The number of hydrogen-bond donors (Lipinski definition) is 1. The number of nitrogens with zero attached hydrogens (tertiary/aromatic N) is 1. The minimum atomic E-state index is -0.263. The van der Waals surface area contributed by atoms with Gasteiger partial charge < -0.3 is 14.6 Å². The molecule has 0 aliphatic heterocycles. The van der Waals surface area contributed by atoms with E-state index in [4.69, 9.17) is 32.5 Å². The number of amides is 1. The predicted octanol–water partition coefficient (Wildman–Crippen LogP) is 4.84. The smallest absolute Gasteiger partial charge is 0.260 e. The van der Waals surface area contributed by atoms with Gasteiger partial charge in [-0.15, -0.1) is 0 Å². The van der Waals surface area contributed by atoms with E-state index in [9.17, 15) is 4.79 Å². The van der Waals surface area contributed by atoms with Crippen LogP contribution in [0.3, 0.4) is 0 Å². The van der Waals surface area contributed by atoms with Gasteiger partial charge in [-0.05, 0) is 43.2 Å². The summed E-state index contributed by atoms with van der Waals surface area (Å²) in [7, 11) is 0. The second-order valence-electron chi connectivity index (χ2n) is 5.93. The van der Waals surface area contributed by atoms with Crippen molar-refractivity contribution in [3.8, 4) is 0 Å². The number of furan rings is 1. The van der Waals surface area contributed by atoms with Gasteiger partial charge in [-0.3, -0.25) is 4.79 Å². The lowest BCUT2D eigenvalue weighted by atomic mass is 10.1. The lowest BCUT2D eigenvalue weighted by molar-refractivity contribution is -0.125. The Labute approximate surface area is 166 Å². The summed E-state index contributed by atoms with van der Waals surface area (Å²) in [5.41, 5.74) is 2.26. The average Bonchev–Trinajstić information content (AvgIpc) is 3.08. The standard InChI is InChI=1S/C20H18Cl2N2O3/c1-13(19-10-15-4-2-3-5-18(15)27-19)24-26-12-20(25)23-9-8-14-6-7-16(21)11-17(14)22/h2-7,10-11H,8-9,12H2,1H3,(H,23,25). The van der Waals surface area contributed by atoms with Crippen molar-refractivity contribution in [2.24, 2.45) is 5.16 Å². The molecule has 0 bridgehead atoms. The van der Waals surface area contributed by atoms with Crippen LogP contribution in [0.15, 0.2) is 58.1 Å². The lowest BCUT2D eigenvalue weighted by Crippen LogP contribution is -2.29. The first-order chi connectivity index (χ1) is 13.0. The topological polar surface area (TPSA) is 63.8 Å². The zero-order valence-corrected chi connectivity index (χ0v) is 16.2. The average molecular weight is 405 g/mol. The second kappa shape index (κ2) is 8.93. The third kappa shape index (κ3) is 5.25. The van der Waals surface area contributed by atoms with Gasteiger partial charge in [-0.1, -0.05) is 52.6 Å². The molecule has 0 radical (unpaired) electrons. The molecule has 0 spiro atoms. The van der Waals surface area contributed by atoms with Gasteiger partial charge in [0.05, 0.1) is 0 Å². The van der Waals surface area contributed by atoms with Gasteiger partial charge in [0.2, 0.25) is 0 Å². The molecule has 0 atom stereocenters. The minimum absolute atomic E-state index is 0.175. The summed E-state index contributed by atoms with van der Waals surface area (Å²) >= 11 is 12.0. The molecule has 3 aromatic rings. The maximum atomic E-state index is 11.8. The van der Waals surface area contributed by atoms with Crippen molar-refractivity contribution in [1.82, 2.24) is 5.32 Å². The molecular formula is C20H18Cl2N2O3. The number of rotatable bonds is 7. The fourth-order valence-corrected chi connectivity index (χ4v) is 3.01. The van der Waals surface area contributed by atoms with Crippen molar-refractivity contribution in [3.63, 3.8) is 0 Å². The van der Waals surface area contributed by atoms with E-state index < -0.39 is 0 Å². The van der Waals surface area contributed by atoms with E-state index >= 15 is 0 Å². The summed E-state index contributed by atoms with van der Waals surface area (Å²) in [4.78, 5) is 17.0. The van der Waals surface area contributed by atoms with Crippen LogP contribution in [0.4, 0.5) is 0 Å². The molecule has 0 aliphatic carbocycles. The zero-order valence-electron chi connectivity index (χ0n) is 14.7. The molecule has 0 saturated carbocycles. The predicted molar refractivity (Wildman–Crippen MR) is 108 cm³/mol. The van der Waals surface area contributed by atoms with E-state index in [2.05, 4.69) is 10.5 Å². The van der Waals surface area contributed by atoms with Gasteiger partial charge >= 0.3 is 0 Å². The van der Waals surface area contributed by atoms with Crippen LogP contribution in [0.5, 0.6) is 0 Å². The van der Waals surface area contributed by atoms with E-state index in [1.807, 2.05) is 36.4 Å². The number of carbonyl (C=O) groups is 1. The molecule has 0 unspecified atom stereocenters. The number of benzene rings is 2. The van der Waals surface area contributed by atoms with Gasteiger partial charge in [-0.2, -0.15) is 0 Å². The molecule has 27 heavy (non-hydrogen) atoms. The molecule has 1 N–H and O–H groups in total. The largest absolute Gasteiger partial charge is 0.455 e. The van der Waals surface area contributed by atoms with Crippen molar-refractivity contribution in [3.05, 3.63) is 69.9 Å². The maximum absolute atomic E-state index is 11.8. The van der Waals surface area contributed by atoms with Gasteiger partial charge in [0, 0.05) is 22.0 Å². The zero-order chi connectivity index (χ0) is 19.2. The summed E-state index contributed by atoms with van der Waals surface area (Å²) in [5.74, 6) is 0.343. The Bertz CT molecular complexity index is 949. The van der Waals surface area contributed by atoms with Crippen LogP contribution in [-0.2, 0) is 16.1 Å². The van der Waals surface area contributed by atoms with Crippen LogP contribution < -0.4 is 5.32 Å². The number of hydrogen-bond acceptors (Lipinski definition) is 4. The molecule has 7 heteroatoms. The number of fused-ring (bicyclic) bond motifs is 1. The molecule has 0 saturated heterocycles. The van der Waals surface area contributed by atoms with Crippen LogP contribution in [-0.4, -0.2) is 24.8 Å². The fourth-order valence-electron chi connectivity index (χ4n) is 2.50. The highest BCUT2D eigenvalue weighted by molar-refractivity contribution is 6.35. The summed E-state index contributed by atoms with van der Waals surface area (Å²) in [6, 6.07) is 14.8. The highest BCUT2D eigenvalue weighted by atomic mass is 35.5. The first-order valence-electron chi connectivity index (χ1n) is 8.39. The summed E-state index contributed by atoms with van der Waals surface area (Å²) < 4.78 is 5.69. The number of oxime groups is 1. The van der Waals surface area contributed by atoms with Crippen LogP contribution in [0.1, 0.15) is 18.2 Å². The molecule has 1 aromatic heterocycles. The Balaban J connectivity index is 1.45. The summed E-state index contributed by atoms with van der Waals surface area (Å²) in [6.07, 6.45) is 0.600. The highest BCUT2D eigenvalue weighted by Gasteiger charge is 2.08. The molecule has 1 heterocycles. The number of para-hydroxylation sites is 1. The van der Waals surface area contributed by atoms with E-state index in [1.54, 1.807) is 19.1 Å². The third-order valence-corrected chi connectivity index (χ3v) is 4.50. The highest BCUT2D eigenvalue weighted by Crippen LogP contribution is 2.21.